The number of nitrogens with one attached hydrogen (secondary N) is 1. The number of hydrogen-bond donors (Lipinski definition) is 1. The van der Waals surface area contributed by atoms with Gasteiger partial charge in [-0.25, -0.2) is 0 Å². The first-order valence-corrected chi connectivity index (χ1v) is 12.8. The largest absolute Gasteiger partial charge is 0.478 e. The number of nitrogens with zero attached hydrogens (tertiary/aromatic N) is 2. The molecular weight excluding hydrogens is 490 g/mol. The van der Waals surface area contributed by atoms with Crippen LogP contribution in [0.5, 0.6) is 5.75 Å². The minimum Gasteiger partial charge on any atom is -0.478 e. The molecule has 1 N–H and O–H groups in total. The second-order valence-corrected chi connectivity index (χ2v) is 9.80. The van der Waals surface area contributed by atoms with E-state index in [1.165, 1.54) is 4.90 Å². The van der Waals surface area contributed by atoms with Gasteiger partial charge in [-0.15, -0.1) is 0 Å². The van der Waals surface area contributed by atoms with E-state index in [9.17, 15) is 14.4 Å². The molecule has 0 fully saturated rings. The third-order valence-corrected chi connectivity index (χ3v) is 6.97. The van der Waals surface area contributed by atoms with Crippen molar-refractivity contribution < 1.29 is 19.1 Å². The molecule has 37 heavy (non-hydrogen) atoms. The van der Waals surface area contributed by atoms with Crippen LogP contribution in [0.25, 0.3) is 0 Å². The van der Waals surface area contributed by atoms with Crippen LogP contribution >= 0.6 is 11.6 Å². The molecule has 2 aliphatic rings. The highest BCUT2D eigenvalue weighted by atomic mass is 35.5. The van der Waals surface area contributed by atoms with Crippen molar-refractivity contribution in [2.75, 3.05) is 22.9 Å². The first-order chi connectivity index (χ1) is 17.8. The van der Waals surface area contributed by atoms with Crippen LogP contribution in [-0.2, 0) is 22.6 Å². The molecule has 0 bridgehead atoms. The molecule has 0 radical (unpaired) electrons. The second-order valence-electron chi connectivity index (χ2n) is 9.37. The fourth-order valence-electron chi connectivity index (χ4n) is 4.83. The van der Waals surface area contributed by atoms with Crippen molar-refractivity contribution in [1.82, 2.24) is 5.32 Å². The molecule has 0 aliphatic carbocycles. The van der Waals surface area contributed by atoms with Crippen LogP contribution in [0.1, 0.15) is 40.4 Å². The zero-order valence-corrected chi connectivity index (χ0v) is 21.5. The molecule has 3 aromatic carbocycles. The van der Waals surface area contributed by atoms with Crippen LogP contribution in [0, 0.1) is 6.92 Å². The number of hydrogen-bond acceptors (Lipinski definition) is 4. The fraction of sp³-hybridized carbons (Fsp3) is 0.276. The number of rotatable bonds is 6. The third-order valence-electron chi connectivity index (χ3n) is 6.73. The van der Waals surface area contributed by atoms with E-state index in [4.69, 9.17) is 16.3 Å². The van der Waals surface area contributed by atoms with Crippen molar-refractivity contribution in [3.63, 3.8) is 0 Å². The zero-order chi connectivity index (χ0) is 26.1. The molecule has 0 aromatic heterocycles. The molecule has 0 saturated heterocycles. The number of carbonyl (C=O) groups is 3. The second kappa shape index (κ2) is 10.3. The van der Waals surface area contributed by atoms with Gasteiger partial charge in [0.25, 0.3) is 11.8 Å². The normalized spacial score (nSPS) is 16.2. The van der Waals surface area contributed by atoms with Crippen molar-refractivity contribution >= 4 is 40.7 Å². The Hall–Kier alpha value is -3.84. The standard InChI is InChI=1S/C29H28ClN3O4/c1-3-25-29(36)33(24-15-22(30)8-10-26(24)37-25)17-27(34)31-16-19-7-9-23-20(14-19)11-12-32(23)28(35)21-6-4-5-18(2)13-21/h4-10,13-15,25H,3,11-12,16-17H2,1-2H3,(H,31,34). The van der Waals surface area contributed by atoms with Gasteiger partial charge in [-0.2, -0.15) is 0 Å². The lowest BCUT2D eigenvalue weighted by atomic mass is 10.1. The Morgan fingerprint density at radius 3 is 2.70 bits per heavy atom. The van der Waals surface area contributed by atoms with Gasteiger partial charge in [0.05, 0.1) is 5.69 Å². The number of fused-ring (bicyclic) bond motifs is 2. The maximum atomic E-state index is 13.1. The summed E-state index contributed by atoms with van der Waals surface area (Å²) in [6.07, 6.45) is 0.619. The van der Waals surface area contributed by atoms with Gasteiger partial charge >= 0.3 is 0 Å². The summed E-state index contributed by atoms with van der Waals surface area (Å²) in [4.78, 5) is 42.1. The number of aryl methyl sites for hydroxylation is 1. The highest BCUT2D eigenvalue weighted by Gasteiger charge is 2.34. The molecule has 0 spiro atoms. The van der Waals surface area contributed by atoms with Gasteiger partial charge in [0.1, 0.15) is 12.3 Å². The molecule has 8 heteroatoms. The molecule has 1 unspecified atom stereocenters. The number of carbonyl (C=O) groups excluding carboxylic acids is 3. The third kappa shape index (κ3) is 5.04. The van der Waals surface area contributed by atoms with Crippen LogP contribution in [0.2, 0.25) is 5.02 Å². The maximum absolute atomic E-state index is 13.1. The Kier molecular flexibility index (Phi) is 6.89. The maximum Gasteiger partial charge on any atom is 0.268 e. The number of ether oxygens (including phenoxy) is 1. The van der Waals surface area contributed by atoms with Crippen LogP contribution in [0.3, 0.4) is 0 Å². The average molecular weight is 518 g/mol. The van der Waals surface area contributed by atoms with Crippen molar-refractivity contribution in [1.29, 1.82) is 0 Å². The summed E-state index contributed by atoms with van der Waals surface area (Å²) in [6, 6.07) is 18.5. The molecule has 3 amide bonds. The van der Waals surface area contributed by atoms with Gasteiger partial charge in [-0.3, -0.25) is 19.3 Å². The van der Waals surface area contributed by atoms with Crippen molar-refractivity contribution in [3.8, 4) is 5.75 Å². The van der Waals surface area contributed by atoms with Crippen LogP contribution in [0.4, 0.5) is 11.4 Å². The smallest absolute Gasteiger partial charge is 0.268 e. The van der Waals surface area contributed by atoms with E-state index in [1.54, 1.807) is 18.2 Å². The highest BCUT2D eigenvalue weighted by Crippen LogP contribution is 2.36. The Labute approximate surface area is 221 Å². The van der Waals surface area contributed by atoms with Gasteiger partial charge in [0, 0.05) is 29.4 Å². The fourth-order valence-corrected chi connectivity index (χ4v) is 4.99. The van der Waals surface area contributed by atoms with E-state index < -0.39 is 6.10 Å². The summed E-state index contributed by atoms with van der Waals surface area (Å²) < 4.78 is 5.78. The molecule has 1 atom stereocenters. The summed E-state index contributed by atoms with van der Waals surface area (Å²) >= 11 is 6.14. The number of amides is 3. The molecule has 3 aromatic rings. The zero-order valence-electron chi connectivity index (χ0n) is 20.8. The lowest BCUT2D eigenvalue weighted by Gasteiger charge is -2.33. The monoisotopic (exact) mass is 517 g/mol. The summed E-state index contributed by atoms with van der Waals surface area (Å²) in [5, 5.41) is 3.38. The van der Waals surface area contributed by atoms with Crippen LogP contribution < -0.4 is 19.9 Å². The lowest BCUT2D eigenvalue weighted by molar-refractivity contribution is -0.129. The van der Waals surface area contributed by atoms with Crippen LogP contribution in [0.15, 0.2) is 60.7 Å². The molecule has 0 saturated carbocycles. The van der Waals surface area contributed by atoms with E-state index in [-0.39, 0.29) is 24.3 Å². The Bertz CT molecular complexity index is 1390. The number of benzene rings is 3. The number of anilines is 2. The van der Waals surface area contributed by atoms with Gasteiger partial charge in [-0.05, 0) is 67.3 Å². The van der Waals surface area contributed by atoms with Gasteiger partial charge in [-0.1, -0.05) is 48.4 Å². The first kappa shape index (κ1) is 24.8. The summed E-state index contributed by atoms with van der Waals surface area (Å²) in [6.45, 7) is 4.65. The minimum atomic E-state index is -0.636. The van der Waals surface area contributed by atoms with Crippen LogP contribution in [-0.4, -0.2) is 36.9 Å². The highest BCUT2D eigenvalue weighted by molar-refractivity contribution is 6.31. The average Bonchev–Trinajstić information content (AvgIpc) is 3.32. The molecular formula is C29H28ClN3O4. The summed E-state index contributed by atoms with van der Waals surface area (Å²) in [5.74, 6) is -0.0208. The van der Waals surface area contributed by atoms with E-state index in [1.807, 2.05) is 61.2 Å². The Morgan fingerprint density at radius 2 is 1.92 bits per heavy atom. The molecule has 2 heterocycles. The van der Waals surface area contributed by atoms with Crippen molar-refractivity contribution in [2.45, 2.75) is 39.3 Å². The summed E-state index contributed by atoms with van der Waals surface area (Å²) in [7, 11) is 0. The predicted octanol–water partition coefficient (Wildman–Crippen LogP) is 4.67. The molecule has 2 aliphatic heterocycles. The van der Waals surface area contributed by atoms with E-state index >= 15 is 0 Å². The Morgan fingerprint density at radius 1 is 1.08 bits per heavy atom. The van der Waals surface area contributed by atoms with Gasteiger partial charge in [0.2, 0.25) is 5.91 Å². The minimum absolute atomic E-state index is 0.00977. The Balaban J connectivity index is 1.25. The van der Waals surface area contributed by atoms with E-state index in [0.717, 1.165) is 28.8 Å². The molecule has 190 valence electrons. The predicted molar refractivity (Wildman–Crippen MR) is 143 cm³/mol. The molecule has 7 nitrogen and oxygen atoms in total. The number of halogens is 1. The van der Waals surface area contributed by atoms with E-state index in [2.05, 4.69) is 5.32 Å². The van der Waals surface area contributed by atoms with E-state index in [0.29, 0.717) is 41.5 Å². The van der Waals surface area contributed by atoms with Crippen molar-refractivity contribution in [3.05, 3.63) is 87.9 Å². The summed E-state index contributed by atoms with van der Waals surface area (Å²) in [5.41, 5.74) is 5.13. The topological polar surface area (TPSA) is 79.0 Å². The van der Waals surface area contributed by atoms with Crippen molar-refractivity contribution in [2.24, 2.45) is 0 Å². The quantitative estimate of drug-likeness (QED) is 0.515. The molecule has 5 rings (SSSR count). The lowest BCUT2D eigenvalue weighted by Crippen LogP contribution is -2.49. The SMILES string of the molecule is CCC1Oc2ccc(Cl)cc2N(CC(=O)NCc2ccc3c(c2)CCN3C(=O)c2cccc(C)c2)C1=O. The van der Waals surface area contributed by atoms with Gasteiger partial charge in [0.15, 0.2) is 6.10 Å². The van der Waals surface area contributed by atoms with Gasteiger partial charge < -0.3 is 15.0 Å². The first-order valence-electron chi connectivity index (χ1n) is 12.4.